The standard InChI is InChI=1S/C34H48N2O5/c1-28(2)22-9-10-32(6)23(31(22,5)18-21(20-35)26(28)38)17-25(37)34(40)24-19-30(4,27(39)36-15-16-41-8)12-11-29(24,3)13-14-33(32,34)7/h17-18,22,24,40H,9-16,19H2,1-8H3,(H,36,39)/t22-,24+,29+,30-,31-,32+,33-,34+/m0/s1. The third-order valence-electron chi connectivity index (χ3n) is 13.4. The summed E-state index contributed by atoms with van der Waals surface area (Å²) >= 11 is 0. The summed E-state index contributed by atoms with van der Waals surface area (Å²) < 4.78 is 5.12. The van der Waals surface area contributed by atoms with Crippen LogP contribution in [0.25, 0.3) is 0 Å². The molecule has 0 aromatic heterocycles. The molecule has 0 aromatic rings. The highest BCUT2D eigenvalue weighted by Gasteiger charge is 2.75. The maximum Gasteiger partial charge on any atom is 0.226 e. The smallest absolute Gasteiger partial charge is 0.226 e. The number of ether oxygens (including phenoxy) is 1. The number of nitrogens with zero attached hydrogens (tertiary/aromatic N) is 1. The normalized spacial score (nSPS) is 46.5. The van der Waals surface area contributed by atoms with Crippen LogP contribution in [0.15, 0.2) is 23.3 Å². The number of methoxy groups -OCH3 is 1. The van der Waals surface area contributed by atoms with Gasteiger partial charge in [-0.25, -0.2) is 0 Å². The molecule has 5 rings (SSSR count). The lowest BCUT2D eigenvalue weighted by Crippen LogP contribution is -2.74. The van der Waals surface area contributed by atoms with Gasteiger partial charge in [-0.05, 0) is 73.3 Å². The van der Waals surface area contributed by atoms with Crippen LogP contribution < -0.4 is 5.32 Å². The summed E-state index contributed by atoms with van der Waals surface area (Å²) in [5.41, 5.74) is -4.15. The molecular formula is C34H48N2O5. The number of hydrogen-bond donors (Lipinski definition) is 2. The summed E-state index contributed by atoms with van der Waals surface area (Å²) in [7, 11) is 1.60. The van der Waals surface area contributed by atoms with E-state index in [-0.39, 0.29) is 40.3 Å². The number of carbonyl (C=O) groups is 3. The molecule has 8 atom stereocenters. The van der Waals surface area contributed by atoms with Crippen LogP contribution in [0.4, 0.5) is 0 Å². The van der Waals surface area contributed by atoms with Gasteiger partial charge in [0.05, 0.1) is 12.2 Å². The van der Waals surface area contributed by atoms with E-state index in [2.05, 4.69) is 39.1 Å². The van der Waals surface area contributed by atoms with Gasteiger partial charge in [-0.2, -0.15) is 5.26 Å². The van der Waals surface area contributed by atoms with Crippen molar-refractivity contribution in [2.75, 3.05) is 20.3 Å². The van der Waals surface area contributed by atoms with E-state index in [0.717, 1.165) is 31.3 Å². The highest BCUT2D eigenvalue weighted by Crippen LogP contribution is 2.75. The fourth-order valence-corrected chi connectivity index (χ4v) is 10.4. The lowest BCUT2D eigenvalue weighted by molar-refractivity contribution is -0.242. The molecule has 0 aliphatic heterocycles. The zero-order chi connectivity index (χ0) is 30.4. The Kier molecular flexibility index (Phi) is 6.70. The topological polar surface area (TPSA) is 116 Å². The molecule has 0 aromatic carbocycles. The van der Waals surface area contributed by atoms with Gasteiger partial charge in [0, 0.05) is 41.2 Å². The van der Waals surface area contributed by atoms with Crippen molar-refractivity contribution in [3.8, 4) is 6.07 Å². The summed E-state index contributed by atoms with van der Waals surface area (Å²) in [4.78, 5) is 41.2. The van der Waals surface area contributed by atoms with Crippen molar-refractivity contribution in [1.82, 2.24) is 5.32 Å². The van der Waals surface area contributed by atoms with Crippen LogP contribution in [0, 0.1) is 55.7 Å². The number of fused-ring (bicyclic) bond motifs is 7. The van der Waals surface area contributed by atoms with Crippen molar-refractivity contribution < 1.29 is 24.2 Å². The van der Waals surface area contributed by atoms with E-state index in [1.165, 1.54) is 0 Å². The maximum absolute atomic E-state index is 14.5. The number of Topliss-reactive ketones (excluding diaryl/α,β-unsaturated/α-hetero) is 1. The molecule has 5 aliphatic rings. The summed E-state index contributed by atoms with van der Waals surface area (Å²) in [6.07, 6.45) is 8.53. The lowest BCUT2D eigenvalue weighted by atomic mass is 9.33. The minimum atomic E-state index is -1.63. The third-order valence-corrected chi connectivity index (χ3v) is 13.4. The van der Waals surface area contributed by atoms with Crippen molar-refractivity contribution >= 4 is 17.5 Å². The van der Waals surface area contributed by atoms with E-state index < -0.39 is 32.7 Å². The van der Waals surface area contributed by atoms with Crippen LogP contribution in [0.2, 0.25) is 0 Å². The number of allylic oxidation sites excluding steroid dienone is 3. The Morgan fingerprint density at radius 2 is 1.71 bits per heavy atom. The fraction of sp³-hybridized carbons (Fsp3) is 0.765. The largest absolute Gasteiger partial charge is 0.383 e. The molecule has 3 saturated carbocycles. The van der Waals surface area contributed by atoms with E-state index >= 15 is 0 Å². The average molecular weight is 565 g/mol. The Morgan fingerprint density at radius 3 is 2.34 bits per heavy atom. The Bertz CT molecular complexity index is 1310. The first-order chi connectivity index (χ1) is 18.9. The highest BCUT2D eigenvalue weighted by molar-refractivity contribution is 6.05. The van der Waals surface area contributed by atoms with Crippen molar-refractivity contribution in [3.63, 3.8) is 0 Å². The van der Waals surface area contributed by atoms with Gasteiger partial charge in [0.25, 0.3) is 0 Å². The van der Waals surface area contributed by atoms with Gasteiger partial charge in [0.15, 0.2) is 11.6 Å². The Balaban J connectivity index is 1.63. The predicted molar refractivity (Wildman–Crippen MR) is 155 cm³/mol. The predicted octanol–water partition coefficient (Wildman–Crippen LogP) is 5.08. The minimum absolute atomic E-state index is 0.0468. The average Bonchev–Trinajstić information content (AvgIpc) is 2.91. The fourth-order valence-electron chi connectivity index (χ4n) is 10.4. The summed E-state index contributed by atoms with van der Waals surface area (Å²) in [5, 5.41) is 25.9. The first-order valence-electron chi connectivity index (χ1n) is 15.4. The third kappa shape index (κ3) is 3.65. The van der Waals surface area contributed by atoms with E-state index in [4.69, 9.17) is 4.74 Å². The molecular weight excluding hydrogens is 516 g/mol. The SMILES string of the molecule is COCCNC(=O)[C@@]1(C)CC[C@]2(C)CC[C@@]3(C)[C@]4(C)CC[C@H]5C(C)(C)C(=O)C(C#N)=C[C@]5(C)C4=CC(=O)[C@]3(O)[C@@H]2C1. The van der Waals surface area contributed by atoms with Gasteiger partial charge in [-0.15, -0.1) is 0 Å². The van der Waals surface area contributed by atoms with Crippen LogP contribution in [0.3, 0.4) is 0 Å². The summed E-state index contributed by atoms with van der Waals surface area (Å²) in [6, 6.07) is 2.14. The lowest BCUT2D eigenvalue weighted by Gasteiger charge is -2.71. The van der Waals surface area contributed by atoms with Gasteiger partial charge in [0.2, 0.25) is 5.91 Å². The number of carbonyl (C=O) groups excluding carboxylic acids is 3. The zero-order valence-corrected chi connectivity index (χ0v) is 26.2. The van der Waals surface area contributed by atoms with Crippen LogP contribution in [-0.4, -0.2) is 48.4 Å². The molecule has 0 heterocycles. The highest BCUT2D eigenvalue weighted by atomic mass is 16.5. The van der Waals surface area contributed by atoms with Crippen molar-refractivity contribution in [1.29, 1.82) is 5.26 Å². The molecule has 0 saturated heterocycles. The first kappa shape index (κ1) is 30.2. The number of nitriles is 1. The van der Waals surface area contributed by atoms with E-state index in [0.29, 0.717) is 32.4 Å². The zero-order valence-electron chi connectivity index (χ0n) is 26.2. The molecule has 2 N–H and O–H groups in total. The number of ketones is 2. The second-order valence-electron chi connectivity index (χ2n) is 15.7. The van der Waals surface area contributed by atoms with E-state index in [1.807, 2.05) is 26.8 Å². The summed E-state index contributed by atoms with van der Waals surface area (Å²) in [6.45, 7) is 15.3. The van der Waals surface area contributed by atoms with Gasteiger partial charge >= 0.3 is 0 Å². The van der Waals surface area contributed by atoms with Crippen molar-refractivity contribution in [2.45, 2.75) is 99.0 Å². The second-order valence-corrected chi connectivity index (χ2v) is 15.7. The maximum atomic E-state index is 14.5. The molecule has 3 fully saturated rings. The van der Waals surface area contributed by atoms with Gasteiger partial charge < -0.3 is 15.2 Å². The van der Waals surface area contributed by atoms with Crippen LogP contribution >= 0.6 is 0 Å². The Morgan fingerprint density at radius 1 is 1.05 bits per heavy atom. The van der Waals surface area contributed by atoms with E-state index in [1.54, 1.807) is 13.2 Å². The number of amides is 1. The minimum Gasteiger partial charge on any atom is -0.383 e. The quantitative estimate of drug-likeness (QED) is 0.460. The van der Waals surface area contributed by atoms with Crippen LogP contribution in [0.1, 0.15) is 93.4 Å². The molecule has 7 nitrogen and oxygen atoms in total. The van der Waals surface area contributed by atoms with Crippen molar-refractivity contribution in [3.05, 3.63) is 23.3 Å². The number of aliphatic hydroxyl groups is 1. The van der Waals surface area contributed by atoms with E-state index in [9.17, 15) is 24.8 Å². The molecule has 0 radical (unpaired) electrons. The second kappa shape index (κ2) is 9.10. The molecule has 41 heavy (non-hydrogen) atoms. The molecule has 0 unspecified atom stereocenters. The van der Waals surface area contributed by atoms with Gasteiger partial charge in [-0.1, -0.05) is 54.5 Å². The van der Waals surface area contributed by atoms with Crippen LogP contribution in [0.5, 0.6) is 0 Å². The van der Waals surface area contributed by atoms with Crippen LogP contribution in [-0.2, 0) is 19.1 Å². The monoisotopic (exact) mass is 564 g/mol. The molecule has 0 bridgehead atoms. The van der Waals surface area contributed by atoms with Crippen molar-refractivity contribution in [2.24, 2.45) is 44.3 Å². The molecule has 0 spiro atoms. The number of rotatable bonds is 4. The Hall–Kier alpha value is -2.30. The number of hydrogen-bond acceptors (Lipinski definition) is 6. The van der Waals surface area contributed by atoms with Gasteiger partial charge in [-0.3, -0.25) is 14.4 Å². The molecule has 1 amide bonds. The molecule has 7 heteroatoms. The molecule has 5 aliphatic carbocycles. The Labute approximate surface area is 245 Å². The molecule has 224 valence electrons. The van der Waals surface area contributed by atoms with Gasteiger partial charge in [0.1, 0.15) is 11.7 Å². The number of nitrogens with one attached hydrogen (secondary N) is 1. The first-order valence-corrected chi connectivity index (χ1v) is 15.4. The summed E-state index contributed by atoms with van der Waals surface area (Å²) in [5.74, 6) is -0.882.